The Morgan fingerprint density at radius 2 is 2.21 bits per heavy atom. The summed E-state index contributed by atoms with van der Waals surface area (Å²) in [5, 5.41) is 23.9. The summed E-state index contributed by atoms with van der Waals surface area (Å²) in [4.78, 5) is 39.8. The molecule has 29 heavy (non-hydrogen) atoms. The number of hydrogen-bond acceptors (Lipinski definition) is 6. The van der Waals surface area contributed by atoms with Crippen LogP contribution < -0.4 is 5.32 Å². The third kappa shape index (κ3) is 5.31. The fraction of sp³-hybridized carbons (Fsp3) is 0.421. The van der Waals surface area contributed by atoms with Gasteiger partial charge in [-0.3, -0.25) is 24.7 Å². The minimum atomic E-state index is -1.10. The van der Waals surface area contributed by atoms with Crippen LogP contribution in [0.5, 0.6) is 0 Å². The number of hydrogen-bond donors (Lipinski definition) is 2. The van der Waals surface area contributed by atoms with Crippen molar-refractivity contribution in [3.8, 4) is 0 Å². The Bertz CT molecular complexity index is 967. The lowest BCUT2D eigenvalue weighted by molar-refractivity contribution is -0.463. The van der Waals surface area contributed by atoms with Crippen LogP contribution in [0.1, 0.15) is 25.0 Å². The number of rotatable bonds is 6. The van der Waals surface area contributed by atoms with E-state index in [-0.39, 0.29) is 5.84 Å². The van der Waals surface area contributed by atoms with E-state index in [0.29, 0.717) is 37.1 Å². The van der Waals surface area contributed by atoms with Gasteiger partial charge in [0.15, 0.2) is 5.84 Å². The second kappa shape index (κ2) is 8.72. The maximum absolute atomic E-state index is 12.7. The lowest BCUT2D eigenvalue weighted by Crippen LogP contribution is -2.41. The summed E-state index contributed by atoms with van der Waals surface area (Å²) >= 11 is 0. The molecule has 1 atom stereocenters. The van der Waals surface area contributed by atoms with Gasteiger partial charge in [0.1, 0.15) is 23.9 Å². The molecule has 0 aliphatic carbocycles. The molecule has 1 aromatic heterocycles. The number of aliphatic imine (C=N–C) groups is 1. The lowest BCUT2D eigenvalue weighted by Gasteiger charge is -2.21. The van der Waals surface area contributed by atoms with Gasteiger partial charge in [0, 0.05) is 22.5 Å². The van der Waals surface area contributed by atoms with Gasteiger partial charge in [0.2, 0.25) is 5.91 Å². The first kappa shape index (κ1) is 20.3. The van der Waals surface area contributed by atoms with Gasteiger partial charge in [-0.15, -0.1) is 0 Å². The van der Waals surface area contributed by atoms with Crippen molar-refractivity contribution in [3.63, 3.8) is 0 Å². The summed E-state index contributed by atoms with van der Waals surface area (Å²) in [7, 11) is 0. The van der Waals surface area contributed by atoms with Crippen LogP contribution in [0.4, 0.5) is 5.69 Å². The fourth-order valence-electron chi connectivity index (χ4n) is 3.37. The summed E-state index contributed by atoms with van der Waals surface area (Å²) in [6.07, 6.45) is 1.76. The summed E-state index contributed by atoms with van der Waals surface area (Å²) in [6, 6.07) is 6.25. The highest BCUT2D eigenvalue weighted by molar-refractivity contribution is 5.99. The van der Waals surface area contributed by atoms with Crippen molar-refractivity contribution in [3.05, 3.63) is 40.1 Å². The molecule has 0 bridgehead atoms. The van der Waals surface area contributed by atoms with Gasteiger partial charge in [-0.2, -0.15) is 0 Å². The number of carboxylic acid groups (broad SMARTS) is 1. The molecule has 2 N–H and O–H groups in total. The topological polar surface area (TPSA) is 138 Å². The van der Waals surface area contributed by atoms with Crippen molar-refractivity contribution in [1.29, 1.82) is 0 Å². The normalized spacial score (nSPS) is 18.0. The van der Waals surface area contributed by atoms with E-state index in [1.807, 2.05) is 13.0 Å². The molecule has 1 fully saturated rings. The zero-order valence-corrected chi connectivity index (χ0v) is 16.0. The summed E-state index contributed by atoms with van der Waals surface area (Å²) in [5.41, 5.74) is 1.28. The number of nitrogens with one attached hydrogen (secondary N) is 1. The van der Waals surface area contributed by atoms with Crippen LogP contribution in [0.25, 0.3) is 11.0 Å². The second-order valence-electron chi connectivity index (χ2n) is 6.97. The summed E-state index contributed by atoms with van der Waals surface area (Å²) in [5.74, 6) is -0.729. The molecular formula is C19H22N4O6. The van der Waals surface area contributed by atoms with Gasteiger partial charge >= 0.3 is 5.97 Å². The molecule has 1 aromatic carbocycles. The van der Waals surface area contributed by atoms with Crippen LogP contribution in [-0.4, -0.2) is 58.3 Å². The summed E-state index contributed by atoms with van der Waals surface area (Å²) < 4.78 is 5.52. The SMILES string of the molecule is Cc1cc2cc(NC(C[N+](=O)[O-])=N[C@H]3CCCCN(CC(=O)O)C3=O)ccc2o1. The first-order chi connectivity index (χ1) is 13.8. The zero-order valence-electron chi connectivity index (χ0n) is 16.0. The first-order valence-electron chi connectivity index (χ1n) is 9.28. The van der Waals surface area contributed by atoms with E-state index in [2.05, 4.69) is 10.3 Å². The van der Waals surface area contributed by atoms with Crippen molar-refractivity contribution < 1.29 is 24.0 Å². The summed E-state index contributed by atoms with van der Waals surface area (Å²) in [6.45, 7) is 1.18. The molecule has 0 unspecified atom stereocenters. The molecule has 154 valence electrons. The number of anilines is 1. The lowest BCUT2D eigenvalue weighted by atomic mass is 10.1. The largest absolute Gasteiger partial charge is 0.480 e. The maximum Gasteiger partial charge on any atom is 0.323 e. The van der Waals surface area contributed by atoms with Crippen LogP contribution in [0.15, 0.2) is 33.7 Å². The van der Waals surface area contributed by atoms with E-state index >= 15 is 0 Å². The molecule has 1 aliphatic heterocycles. The second-order valence-corrected chi connectivity index (χ2v) is 6.97. The van der Waals surface area contributed by atoms with Crippen molar-refractivity contribution in [2.75, 3.05) is 25.0 Å². The number of carboxylic acids is 1. The average Bonchev–Trinajstić information content (AvgIpc) is 2.92. The monoisotopic (exact) mass is 402 g/mol. The van der Waals surface area contributed by atoms with Crippen molar-refractivity contribution in [1.82, 2.24) is 4.90 Å². The average molecular weight is 402 g/mol. The van der Waals surface area contributed by atoms with Gasteiger partial charge in [-0.25, -0.2) is 0 Å². The Kier molecular flexibility index (Phi) is 6.10. The number of likely N-dealkylation sites (tertiary alicyclic amines) is 1. The van der Waals surface area contributed by atoms with E-state index in [9.17, 15) is 19.7 Å². The van der Waals surface area contributed by atoms with Crippen LogP contribution in [0.3, 0.4) is 0 Å². The minimum absolute atomic E-state index is 0.0464. The number of carbonyl (C=O) groups is 2. The van der Waals surface area contributed by atoms with Crippen molar-refractivity contribution in [2.45, 2.75) is 32.2 Å². The highest BCUT2D eigenvalue weighted by Crippen LogP contribution is 2.23. The molecule has 0 radical (unpaired) electrons. The number of benzene rings is 1. The Morgan fingerprint density at radius 1 is 1.41 bits per heavy atom. The minimum Gasteiger partial charge on any atom is -0.480 e. The Balaban J connectivity index is 1.85. The molecule has 10 heteroatoms. The molecule has 2 aromatic rings. The van der Waals surface area contributed by atoms with Gasteiger partial charge in [-0.1, -0.05) is 0 Å². The number of aliphatic carboxylic acids is 1. The van der Waals surface area contributed by atoms with Crippen LogP contribution in [0, 0.1) is 17.0 Å². The molecular weight excluding hydrogens is 380 g/mol. The highest BCUT2D eigenvalue weighted by Gasteiger charge is 2.29. The molecule has 0 saturated carbocycles. The molecule has 2 heterocycles. The molecule has 0 spiro atoms. The number of nitro groups is 1. The number of nitrogens with zero attached hydrogens (tertiary/aromatic N) is 3. The number of fused-ring (bicyclic) bond motifs is 1. The highest BCUT2D eigenvalue weighted by atomic mass is 16.6. The quantitative estimate of drug-likeness (QED) is 0.327. The Hall–Kier alpha value is -3.43. The van der Waals surface area contributed by atoms with Crippen LogP contribution >= 0.6 is 0 Å². The van der Waals surface area contributed by atoms with E-state index < -0.39 is 35.9 Å². The number of carbonyl (C=O) groups excluding carboxylic acids is 1. The smallest absolute Gasteiger partial charge is 0.323 e. The molecule has 10 nitrogen and oxygen atoms in total. The van der Waals surface area contributed by atoms with Crippen molar-refractivity contribution >= 4 is 34.4 Å². The Morgan fingerprint density at radius 3 is 2.93 bits per heavy atom. The van der Waals surface area contributed by atoms with Gasteiger partial charge in [0.05, 0.1) is 0 Å². The molecule has 1 aliphatic rings. The third-order valence-electron chi connectivity index (χ3n) is 4.60. The predicted octanol–water partition coefficient (Wildman–Crippen LogP) is 2.29. The number of amidine groups is 1. The van der Waals surface area contributed by atoms with Gasteiger partial charge in [-0.05, 0) is 50.5 Å². The fourth-order valence-corrected chi connectivity index (χ4v) is 3.37. The van der Waals surface area contributed by atoms with Gasteiger partial charge < -0.3 is 19.7 Å². The predicted molar refractivity (Wildman–Crippen MR) is 106 cm³/mol. The molecule has 1 amide bonds. The number of furan rings is 1. The number of amides is 1. The van der Waals surface area contributed by atoms with Crippen LogP contribution in [-0.2, 0) is 9.59 Å². The molecule has 1 saturated heterocycles. The zero-order chi connectivity index (χ0) is 21.0. The third-order valence-corrected chi connectivity index (χ3v) is 4.60. The Labute approximate surface area is 166 Å². The van der Waals surface area contributed by atoms with Gasteiger partial charge in [0.25, 0.3) is 6.54 Å². The van der Waals surface area contributed by atoms with Crippen molar-refractivity contribution in [2.24, 2.45) is 4.99 Å². The maximum atomic E-state index is 12.7. The van der Waals surface area contributed by atoms with Crippen LogP contribution in [0.2, 0.25) is 0 Å². The first-order valence-corrected chi connectivity index (χ1v) is 9.28. The van der Waals surface area contributed by atoms with E-state index in [1.165, 1.54) is 4.90 Å². The van der Waals surface area contributed by atoms with E-state index in [4.69, 9.17) is 9.52 Å². The van der Waals surface area contributed by atoms with E-state index in [1.54, 1.807) is 18.2 Å². The van der Waals surface area contributed by atoms with E-state index in [0.717, 1.165) is 11.1 Å². The number of aryl methyl sites for hydroxylation is 1. The molecule has 3 rings (SSSR count). The standard InChI is InChI=1S/C19H22N4O6/c1-12-8-13-9-14(5-6-16(13)29-12)20-17(10-23(27)28)21-15-4-2-3-7-22(19(15)26)11-18(24)25/h5-6,8-9,15H,2-4,7,10-11H2,1H3,(H,20,21)(H,24,25)/t15-/m0/s1.